The SMILES string of the molecule is CCCCC(CC)COc1ccc(-c2ccc(-c3cc(CBr)c(-c4ccc(-c5ccc(OCC(CC)CCCC)cc5)cc4)cc3CBr)cc2)cc1. The summed E-state index contributed by atoms with van der Waals surface area (Å²) >= 11 is 7.61. The number of unbranched alkanes of at least 4 members (excludes halogenated alkanes) is 2. The van der Waals surface area contributed by atoms with E-state index in [2.05, 4.69) is 169 Å². The molecule has 0 saturated carbocycles. The van der Waals surface area contributed by atoms with Crippen LogP contribution in [0.15, 0.2) is 109 Å². The Labute approximate surface area is 330 Å². The molecule has 2 unspecified atom stereocenters. The van der Waals surface area contributed by atoms with Gasteiger partial charge in [0.2, 0.25) is 0 Å². The van der Waals surface area contributed by atoms with Crippen molar-refractivity contribution in [2.24, 2.45) is 11.8 Å². The molecule has 0 amide bonds. The second-order valence-corrected chi connectivity index (χ2v) is 15.2. The highest BCUT2D eigenvalue weighted by Crippen LogP contribution is 2.37. The van der Waals surface area contributed by atoms with Gasteiger partial charge in [0, 0.05) is 10.7 Å². The average molecular weight is 825 g/mol. The highest BCUT2D eigenvalue weighted by Gasteiger charge is 2.14. The summed E-state index contributed by atoms with van der Waals surface area (Å²) in [4.78, 5) is 0. The van der Waals surface area contributed by atoms with Gasteiger partial charge in [0.25, 0.3) is 0 Å². The maximum Gasteiger partial charge on any atom is 0.119 e. The van der Waals surface area contributed by atoms with E-state index in [-0.39, 0.29) is 0 Å². The van der Waals surface area contributed by atoms with Crippen molar-refractivity contribution in [2.75, 3.05) is 13.2 Å². The first-order valence-corrected chi connectivity index (χ1v) is 21.7. The summed E-state index contributed by atoms with van der Waals surface area (Å²) in [6.45, 7) is 10.6. The van der Waals surface area contributed by atoms with Gasteiger partial charge in [-0.15, -0.1) is 0 Å². The first kappa shape index (κ1) is 39.9. The van der Waals surface area contributed by atoms with Gasteiger partial charge in [0.15, 0.2) is 0 Å². The molecule has 5 rings (SSSR count). The lowest BCUT2D eigenvalue weighted by molar-refractivity contribution is 0.233. The number of hydrogen-bond donors (Lipinski definition) is 0. The Hall–Kier alpha value is -3.34. The van der Waals surface area contributed by atoms with Gasteiger partial charge < -0.3 is 9.47 Å². The summed E-state index contributed by atoms with van der Waals surface area (Å²) in [6.07, 6.45) is 9.85. The third-order valence-corrected chi connectivity index (χ3v) is 11.7. The lowest BCUT2D eigenvalue weighted by Crippen LogP contribution is -2.11. The normalized spacial score (nSPS) is 12.4. The number of benzene rings is 5. The molecule has 0 radical (unpaired) electrons. The predicted octanol–water partition coefficient (Wildman–Crippen LogP) is 15.3. The maximum atomic E-state index is 6.16. The van der Waals surface area contributed by atoms with Gasteiger partial charge in [0.1, 0.15) is 11.5 Å². The first-order chi connectivity index (χ1) is 25.5. The Kier molecular flexibility index (Phi) is 15.9. The summed E-state index contributed by atoms with van der Waals surface area (Å²) < 4.78 is 12.3. The largest absolute Gasteiger partial charge is 0.493 e. The molecule has 0 saturated heterocycles. The first-order valence-electron chi connectivity index (χ1n) is 19.4. The predicted molar refractivity (Wildman–Crippen MR) is 231 cm³/mol. The zero-order valence-corrected chi connectivity index (χ0v) is 34.8. The van der Waals surface area contributed by atoms with Crippen LogP contribution in [0.4, 0.5) is 0 Å². The molecule has 2 nitrogen and oxygen atoms in total. The number of alkyl halides is 2. The van der Waals surface area contributed by atoms with Crippen molar-refractivity contribution in [1.29, 1.82) is 0 Å². The van der Waals surface area contributed by atoms with Crippen LogP contribution < -0.4 is 9.47 Å². The van der Waals surface area contributed by atoms with E-state index in [4.69, 9.17) is 9.47 Å². The highest BCUT2D eigenvalue weighted by atomic mass is 79.9. The van der Waals surface area contributed by atoms with E-state index in [1.807, 2.05) is 0 Å². The van der Waals surface area contributed by atoms with Crippen molar-refractivity contribution in [1.82, 2.24) is 0 Å². The fourth-order valence-electron chi connectivity index (χ4n) is 6.84. The Bertz CT molecular complexity index is 1640. The van der Waals surface area contributed by atoms with Crippen LogP contribution >= 0.6 is 31.9 Å². The quantitative estimate of drug-likeness (QED) is 0.0728. The standard InChI is InChI=1S/C48H56Br2O2/c1-5-9-11-35(7-3)33-51-45-25-21-39(22-26-45)37-13-17-41(18-14-37)47-29-44(32-50)48(30-43(47)31-49)42-19-15-38(16-20-42)40-23-27-46(28-24-40)52-34-36(8-4)12-10-6-2/h13-30,35-36H,5-12,31-34H2,1-4H3. The van der Waals surface area contributed by atoms with Gasteiger partial charge in [-0.1, -0.05) is 171 Å². The van der Waals surface area contributed by atoms with Crippen LogP contribution in [0, 0.1) is 11.8 Å². The number of ether oxygens (including phenoxy) is 2. The minimum atomic E-state index is 0.629. The third kappa shape index (κ3) is 10.9. The van der Waals surface area contributed by atoms with E-state index in [0.29, 0.717) is 11.8 Å². The van der Waals surface area contributed by atoms with E-state index in [1.165, 1.54) is 107 Å². The van der Waals surface area contributed by atoms with E-state index in [1.54, 1.807) is 0 Å². The fraction of sp³-hybridized carbons (Fsp3) is 0.375. The summed E-state index contributed by atoms with van der Waals surface area (Å²) in [7, 11) is 0. The Morgan fingerprint density at radius 2 is 0.750 bits per heavy atom. The Morgan fingerprint density at radius 1 is 0.442 bits per heavy atom. The van der Waals surface area contributed by atoms with Gasteiger partial charge in [-0.25, -0.2) is 0 Å². The lowest BCUT2D eigenvalue weighted by Gasteiger charge is -2.17. The smallest absolute Gasteiger partial charge is 0.119 e. The third-order valence-electron chi connectivity index (χ3n) is 10.4. The highest BCUT2D eigenvalue weighted by molar-refractivity contribution is 9.08. The van der Waals surface area contributed by atoms with Crippen LogP contribution in [0.5, 0.6) is 11.5 Å². The summed E-state index contributed by atoms with van der Waals surface area (Å²) in [5.74, 6) is 3.16. The van der Waals surface area contributed by atoms with Crippen LogP contribution in [0.2, 0.25) is 0 Å². The molecule has 0 fully saturated rings. The minimum absolute atomic E-state index is 0.629. The molecular formula is C48H56Br2O2. The molecule has 5 aromatic carbocycles. The molecule has 0 aromatic heterocycles. The van der Waals surface area contributed by atoms with Crippen LogP contribution in [-0.2, 0) is 10.7 Å². The summed E-state index contributed by atoms with van der Waals surface area (Å²) in [5, 5.41) is 1.56. The van der Waals surface area contributed by atoms with Crippen molar-refractivity contribution < 1.29 is 9.47 Å². The van der Waals surface area contributed by atoms with E-state index in [9.17, 15) is 0 Å². The molecular weight excluding hydrogens is 768 g/mol. The molecule has 0 N–H and O–H groups in total. The van der Waals surface area contributed by atoms with Gasteiger partial charge >= 0.3 is 0 Å². The van der Waals surface area contributed by atoms with E-state index in [0.717, 1.165) is 35.4 Å². The molecule has 0 bridgehead atoms. The number of hydrogen-bond acceptors (Lipinski definition) is 2. The monoisotopic (exact) mass is 822 g/mol. The van der Waals surface area contributed by atoms with Crippen molar-refractivity contribution in [3.63, 3.8) is 0 Å². The van der Waals surface area contributed by atoms with Crippen LogP contribution in [0.1, 0.15) is 90.2 Å². The Morgan fingerprint density at radius 3 is 1.04 bits per heavy atom. The molecule has 0 spiro atoms. The molecule has 2 atom stereocenters. The molecule has 0 aliphatic carbocycles. The molecule has 52 heavy (non-hydrogen) atoms. The van der Waals surface area contributed by atoms with Crippen LogP contribution in [0.25, 0.3) is 44.5 Å². The zero-order chi connectivity index (χ0) is 36.7. The molecule has 0 aliphatic rings. The summed E-state index contributed by atoms with van der Waals surface area (Å²) in [5.41, 5.74) is 12.3. The Balaban J connectivity index is 1.26. The van der Waals surface area contributed by atoms with Gasteiger partial charge in [-0.05, 0) is 117 Å². The van der Waals surface area contributed by atoms with Crippen molar-refractivity contribution in [2.45, 2.75) is 89.7 Å². The molecule has 4 heteroatoms. The van der Waals surface area contributed by atoms with E-state index >= 15 is 0 Å². The van der Waals surface area contributed by atoms with Crippen molar-refractivity contribution >= 4 is 31.9 Å². The van der Waals surface area contributed by atoms with Gasteiger partial charge in [0.05, 0.1) is 13.2 Å². The lowest BCUT2D eigenvalue weighted by atomic mass is 9.90. The number of halogens is 2. The zero-order valence-electron chi connectivity index (χ0n) is 31.6. The second kappa shape index (κ2) is 20.8. The average Bonchev–Trinajstić information content (AvgIpc) is 3.21. The van der Waals surface area contributed by atoms with Crippen LogP contribution in [0.3, 0.4) is 0 Å². The van der Waals surface area contributed by atoms with Crippen molar-refractivity contribution in [3.05, 3.63) is 120 Å². The van der Waals surface area contributed by atoms with E-state index < -0.39 is 0 Å². The fourth-order valence-corrected chi connectivity index (χ4v) is 7.77. The number of rotatable bonds is 20. The van der Waals surface area contributed by atoms with Crippen LogP contribution in [-0.4, -0.2) is 13.2 Å². The van der Waals surface area contributed by atoms with Crippen molar-refractivity contribution in [3.8, 4) is 56.0 Å². The molecule has 5 aromatic rings. The molecule has 0 heterocycles. The molecule has 274 valence electrons. The second-order valence-electron chi connectivity index (χ2n) is 14.1. The molecule has 0 aliphatic heterocycles. The minimum Gasteiger partial charge on any atom is -0.493 e. The summed E-state index contributed by atoms with van der Waals surface area (Å²) in [6, 6.07) is 39.7. The van der Waals surface area contributed by atoms with Gasteiger partial charge in [-0.3, -0.25) is 0 Å². The maximum absolute atomic E-state index is 6.16. The van der Waals surface area contributed by atoms with Gasteiger partial charge in [-0.2, -0.15) is 0 Å². The topological polar surface area (TPSA) is 18.5 Å².